The van der Waals surface area contributed by atoms with Crippen LogP contribution in [0.1, 0.15) is 66.8 Å². The summed E-state index contributed by atoms with van der Waals surface area (Å²) in [7, 11) is 0. The van der Waals surface area contributed by atoms with Crippen molar-refractivity contribution in [3.8, 4) is 0 Å². The van der Waals surface area contributed by atoms with Gasteiger partial charge < -0.3 is 5.11 Å². The van der Waals surface area contributed by atoms with Gasteiger partial charge in [0.2, 0.25) is 0 Å². The Morgan fingerprint density at radius 3 is 2.35 bits per heavy atom. The van der Waals surface area contributed by atoms with Crippen LogP contribution in [0.4, 0.5) is 0 Å². The second kappa shape index (κ2) is 9.08. The highest BCUT2D eigenvalue weighted by Crippen LogP contribution is 2.22. The van der Waals surface area contributed by atoms with Gasteiger partial charge in [0, 0.05) is 0 Å². The van der Waals surface area contributed by atoms with Crippen molar-refractivity contribution in [1.82, 2.24) is 9.88 Å². The van der Waals surface area contributed by atoms with Crippen LogP contribution in [0.2, 0.25) is 0 Å². The van der Waals surface area contributed by atoms with Crippen LogP contribution in [0.15, 0.2) is 0 Å². The molecule has 20 heavy (non-hydrogen) atoms. The number of hydrogen-bond acceptors (Lipinski definition) is 4. The van der Waals surface area contributed by atoms with Crippen molar-refractivity contribution in [3.05, 3.63) is 15.6 Å². The zero-order chi connectivity index (χ0) is 15.0. The molecular weight excluding hydrogens is 272 g/mol. The van der Waals surface area contributed by atoms with Crippen molar-refractivity contribution in [3.63, 3.8) is 0 Å². The van der Waals surface area contributed by atoms with E-state index >= 15 is 0 Å². The van der Waals surface area contributed by atoms with Gasteiger partial charge in [-0.1, -0.05) is 27.2 Å². The summed E-state index contributed by atoms with van der Waals surface area (Å²) in [5, 5.41) is 10.2. The summed E-state index contributed by atoms with van der Waals surface area (Å²) in [5.74, 6) is -0.836. The fourth-order valence-corrected chi connectivity index (χ4v) is 3.23. The Balaban J connectivity index is 2.81. The van der Waals surface area contributed by atoms with E-state index in [-0.39, 0.29) is 0 Å². The number of aromatic carboxylic acids is 1. The molecule has 1 aromatic heterocycles. The molecule has 0 spiro atoms. The molecule has 0 atom stereocenters. The van der Waals surface area contributed by atoms with Gasteiger partial charge in [-0.25, -0.2) is 9.78 Å². The highest BCUT2D eigenvalue weighted by Gasteiger charge is 2.18. The van der Waals surface area contributed by atoms with E-state index in [1.54, 1.807) is 0 Å². The Hall–Kier alpha value is -0.940. The Labute approximate surface area is 125 Å². The van der Waals surface area contributed by atoms with E-state index in [9.17, 15) is 9.90 Å². The highest BCUT2D eigenvalue weighted by molar-refractivity contribution is 7.13. The summed E-state index contributed by atoms with van der Waals surface area (Å²) in [5.41, 5.74) is 0.771. The molecule has 0 radical (unpaired) electrons. The average molecular weight is 298 g/mol. The first kappa shape index (κ1) is 17.1. The van der Waals surface area contributed by atoms with Crippen LogP contribution in [0, 0.1) is 0 Å². The second-order valence-electron chi connectivity index (χ2n) is 5.07. The average Bonchev–Trinajstić information content (AvgIpc) is 2.80. The van der Waals surface area contributed by atoms with E-state index in [1.165, 1.54) is 11.3 Å². The molecule has 1 rings (SSSR count). The van der Waals surface area contributed by atoms with Gasteiger partial charge in [0.05, 0.1) is 12.2 Å². The van der Waals surface area contributed by atoms with Crippen molar-refractivity contribution in [2.75, 3.05) is 13.1 Å². The number of carboxylic acid groups (broad SMARTS) is 1. The van der Waals surface area contributed by atoms with Crippen molar-refractivity contribution >= 4 is 17.3 Å². The molecule has 0 aliphatic heterocycles. The van der Waals surface area contributed by atoms with Crippen LogP contribution < -0.4 is 0 Å². The van der Waals surface area contributed by atoms with Gasteiger partial charge in [-0.05, 0) is 38.8 Å². The fraction of sp³-hybridized carbons (Fsp3) is 0.733. The van der Waals surface area contributed by atoms with Crippen LogP contribution >= 0.6 is 11.3 Å². The van der Waals surface area contributed by atoms with Gasteiger partial charge in [-0.3, -0.25) is 4.90 Å². The predicted molar refractivity (Wildman–Crippen MR) is 83.5 cm³/mol. The van der Waals surface area contributed by atoms with Crippen LogP contribution in [0.3, 0.4) is 0 Å². The normalized spacial score (nSPS) is 11.2. The lowest BCUT2D eigenvalue weighted by atomic mass is 10.2. The largest absolute Gasteiger partial charge is 0.477 e. The number of carbonyl (C=O) groups is 1. The Morgan fingerprint density at radius 1 is 1.20 bits per heavy atom. The molecule has 114 valence electrons. The molecule has 1 aromatic rings. The number of nitrogens with zero attached hydrogens (tertiary/aromatic N) is 2. The van der Waals surface area contributed by atoms with E-state index in [4.69, 9.17) is 0 Å². The zero-order valence-corrected chi connectivity index (χ0v) is 13.6. The maximum atomic E-state index is 11.3. The van der Waals surface area contributed by atoms with Crippen LogP contribution in [-0.2, 0) is 13.0 Å². The molecule has 0 aliphatic rings. The van der Waals surface area contributed by atoms with Gasteiger partial charge in [0.25, 0.3) is 0 Å². The summed E-state index contributed by atoms with van der Waals surface area (Å²) in [6.45, 7) is 9.30. The highest BCUT2D eigenvalue weighted by atomic mass is 32.1. The monoisotopic (exact) mass is 298 g/mol. The molecule has 0 bridgehead atoms. The molecule has 0 saturated heterocycles. The first-order chi connectivity index (χ1) is 9.62. The zero-order valence-electron chi connectivity index (χ0n) is 12.8. The summed E-state index contributed by atoms with van der Waals surface area (Å²) in [6.07, 6.45) is 5.05. The summed E-state index contributed by atoms with van der Waals surface area (Å²) >= 11 is 1.35. The molecule has 1 heterocycles. The number of unbranched alkanes of at least 4 members (excludes halogenated alkanes) is 1. The number of aromatic nitrogens is 1. The third-order valence-electron chi connectivity index (χ3n) is 3.14. The first-order valence-electron chi connectivity index (χ1n) is 7.56. The number of rotatable bonds is 10. The standard InChI is InChI=1S/C15H26N2O2S/c1-4-7-8-12-14(15(18)19)20-13(16-12)11-17(9-5-2)10-6-3/h4-11H2,1-3H3,(H,18,19). The van der Waals surface area contributed by atoms with Gasteiger partial charge in [-0.15, -0.1) is 11.3 Å². The number of thiazole rings is 1. The van der Waals surface area contributed by atoms with E-state index in [1.807, 2.05) is 0 Å². The fourth-order valence-electron chi connectivity index (χ4n) is 2.24. The van der Waals surface area contributed by atoms with Gasteiger partial charge in [-0.2, -0.15) is 0 Å². The van der Waals surface area contributed by atoms with E-state index in [0.717, 1.165) is 62.4 Å². The smallest absolute Gasteiger partial charge is 0.347 e. The minimum atomic E-state index is -0.836. The van der Waals surface area contributed by atoms with E-state index in [0.29, 0.717) is 4.88 Å². The molecule has 0 amide bonds. The molecule has 0 aliphatic carbocycles. The molecule has 0 unspecified atom stereocenters. The molecule has 0 aromatic carbocycles. The SMILES string of the molecule is CCCCc1nc(CN(CCC)CCC)sc1C(=O)O. The lowest BCUT2D eigenvalue weighted by molar-refractivity contribution is 0.0700. The quantitative estimate of drug-likeness (QED) is 0.713. The van der Waals surface area contributed by atoms with Crippen LogP contribution in [0.5, 0.6) is 0 Å². The molecule has 5 heteroatoms. The number of hydrogen-bond donors (Lipinski definition) is 1. The van der Waals surface area contributed by atoms with E-state index in [2.05, 4.69) is 30.7 Å². The first-order valence-corrected chi connectivity index (χ1v) is 8.38. The lowest BCUT2D eigenvalue weighted by Crippen LogP contribution is -2.24. The maximum absolute atomic E-state index is 11.3. The second-order valence-corrected chi connectivity index (χ2v) is 6.15. The summed E-state index contributed by atoms with van der Waals surface area (Å²) < 4.78 is 0. The molecule has 1 N–H and O–H groups in total. The summed E-state index contributed by atoms with van der Waals surface area (Å²) in [6, 6.07) is 0. The van der Waals surface area contributed by atoms with Crippen molar-refractivity contribution in [1.29, 1.82) is 0 Å². The third-order valence-corrected chi connectivity index (χ3v) is 4.21. The number of carboxylic acids is 1. The minimum Gasteiger partial charge on any atom is -0.477 e. The Morgan fingerprint density at radius 2 is 1.85 bits per heavy atom. The van der Waals surface area contributed by atoms with Gasteiger partial charge in [0.1, 0.15) is 9.88 Å². The lowest BCUT2D eigenvalue weighted by Gasteiger charge is -2.19. The number of aryl methyl sites for hydroxylation is 1. The van der Waals surface area contributed by atoms with Gasteiger partial charge in [0.15, 0.2) is 0 Å². The van der Waals surface area contributed by atoms with E-state index < -0.39 is 5.97 Å². The molecule has 4 nitrogen and oxygen atoms in total. The van der Waals surface area contributed by atoms with Crippen LogP contribution in [0.25, 0.3) is 0 Å². The third kappa shape index (κ3) is 5.21. The van der Waals surface area contributed by atoms with Crippen molar-refractivity contribution in [2.24, 2.45) is 0 Å². The van der Waals surface area contributed by atoms with Gasteiger partial charge >= 0.3 is 5.97 Å². The molecular formula is C15H26N2O2S. The van der Waals surface area contributed by atoms with Crippen molar-refractivity contribution in [2.45, 2.75) is 59.4 Å². The summed E-state index contributed by atoms with van der Waals surface area (Å²) in [4.78, 5) is 18.6. The minimum absolute atomic E-state index is 0.432. The topological polar surface area (TPSA) is 53.4 Å². The Kier molecular flexibility index (Phi) is 7.77. The van der Waals surface area contributed by atoms with Crippen LogP contribution in [-0.4, -0.2) is 34.0 Å². The molecule has 0 saturated carbocycles. The predicted octanol–water partition coefficient (Wildman–Crippen LogP) is 3.81. The Bertz CT molecular complexity index is 412. The van der Waals surface area contributed by atoms with Crippen molar-refractivity contribution < 1.29 is 9.90 Å². The molecule has 0 fully saturated rings. The maximum Gasteiger partial charge on any atom is 0.347 e.